The zero-order valence-corrected chi connectivity index (χ0v) is 10.6. The summed E-state index contributed by atoms with van der Waals surface area (Å²) in [6.07, 6.45) is 3.99. The van der Waals surface area contributed by atoms with E-state index in [2.05, 4.69) is 16.8 Å². The molecule has 3 nitrogen and oxygen atoms in total. The lowest BCUT2D eigenvalue weighted by atomic mass is 10.1. The number of ether oxygens (including phenoxy) is 1. The predicted molar refractivity (Wildman–Crippen MR) is 67.1 cm³/mol. The normalized spacial score (nSPS) is 23.2. The smallest absolute Gasteiger partial charge is 0.223 e. The van der Waals surface area contributed by atoms with E-state index in [1.165, 1.54) is 23.3 Å². The largest absolute Gasteiger partial charge is 0.372 e. The third-order valence-electron chi connectivity index (χ3n) is 3.42. The summed E-state index contributed by atoms with van der Waals surface area (Å²) >= 11 is 1.71. The van der Waals surface area contributed by atoms with Gasteiger partial charge in [-0.2, -0.15) is 0 Å². The molecule has 0 radical (unpaired) electrons. The van der Waals surface area contributed by atoms with Gasteiger partial charge in [-0.05, 0) is 42.2 Å². The topological polar surface area (TPSA) is 38.3 Å². The third kappa shape index (κ3) is 2.69. The summed E-state index contributed by atoms with van der Waals surface area (Å²) in [4.78, 5) is 13.0. The first-order chi connectivity index (χ1) is 8.33. The van der Waals surface area contributed by atoms with E-state index in [4.69, 9.17) is 4.74 Å². The Morgan fingerprint density at radius 2 is 2.41 bits per heavy atom. The number of carbonyl (C=O) groups is 1. The first-order valence-electron chi connectivity index (χ1n) is 6.27. The first kappa shape index (κ1) is 11.2. The van der Waals surface area contributed by atoms with Crippen LogP contribution in [-0.2, 0) is 16.0 Å². The van der Waals surface area contributed by atoms with E-state index >= 15 is 0 Å². The minimum absolute atomic E-state index is 0.0158. The van der Waals surface area contributed by atoms with Crippen molar-refractivity contribution in [2.75, 3.05) is 13.2 Å². The molecule has 1 atom stereocenters. The van der Waals surface area contributed by atoms with E-state index in [-0.39, 0.29) is 12.0 Å². The molecule has 0 aromatic carbocycles. The summed E-state index contributed by atoms with van der Waals surface area (Å²) in [6, 6.07) is 2.15. The molecule has 1 saturated carbocycles. The van der Waals surface area contributed by atoms with Gasteiger partial charge in [-0.25, -0.2) is 0 Å². The van der Waals surface area contributed by atoms with Gasteiger partial charge in [0.15, 0.2) is 0 Å². The first-order valence-corrected chi connectivity index (χ1v) is 7.15. The molecule has 0 saturated heterocycles. The van der Waals surface area contributed by atoms with Crippen molar-refractivity contribution >= 4 is 17.2 Å². The van der Waals surface area contributed by atoms with Gasteiger partial charge in [-0.15, -0.1) is 11.3 Å². The summed E-state index contributed by atoms with van der Waals surface area (Å²) in [5.41, 5.74) is 1.36. The molecule has 1 amide bonds. The maximum absolute atomic E-state index is 11.8. The standard InChI is InChI=1S/C13H17NO2S/c15-12(14-8-9-1-2-9)7-11-13-10(3-5-16-11)4-6-17-13/h4,6,9,11H,1-3,5,7-8H2,(H,14,15)/t11-/m0/s1. The number of thiophene rings is 1. The Bertz CT molecular complexity index is 411. The number of fused-ring (bicyclic) bond motifs is 1. The van der Waals surface area contributed by atoms with E-state index in [0.29, 0.717) is 6.42 Å². The van der Waals surface area contributed by atoms with Crippen LogP contribution in [0.1, 0.15) is 35.8 Å². The second-order valence-corrected chi connectivity index (χ2v) is 5.82. The highest BCUT2D eigenvalue weighted by atomic mass is 32.1. The molecule has 92 valence electrons. The second-order valence-electron chi connectivity index (χ2n) is 4.87. The molecule has 1 aromatic heterocycles. The Morgan fingerprint density at radius 1 is 1.53 bits per heavy atom. The maximum atomic E-state index is 11.8. The number of carbonyl (C=O) groups excluding carboxylic acids is 1. The van der Waals surface area contributed by atoms with Gasteiger partial charge in [0.05, 0.1) is 13.0 Å². The van der Waals surface area contributed by atoms with Gasteiger partial charge < -0.3 is 10.1 Å². The van der Waals surface area contributed by atoms with Gasteiger partial charge in [0.2, 0.25) is 5.91 Å². The molecule has 1 aliphatic carbocycles. The quantitative estimate of drug-likeness (QED) is 0.891. The Kier molecular flexibility index (Phi) is 3.16. The molecule has 0 spiro atoms. The van der Waals surface area contributed by atoms with Crippen LogP contribution in [0, 0.1) is 5.92 Å². The Balaban J connectivity index is 1.56. The van der Waals surface area contributed by atoms with Crippen molar-refractivity contribution in [1.82, 2.24) is 5.32 Å². The molecular formula is C13H17NO2S. The van der Waals surface area contributed by atoms with Crippen molar-refractivity contribution in [2.24, 2.45) is 5.92 Å². The van der Waals surface area contributed by atoms with Crippen molar-refractivity contribution in [3.8, 4) is 0 Å². The molecule has 0 bridgehead atoms. The maximum Gasteiger partial charge on any atom is 0.223 e. The number of hydrogen-bond donors (Lipinski definition) is 1. The molecule has 1 aliphatic heterocycles. The molecule has 1 N–H and O–H groups in total. The summed E-state index contributed by atoms with van der Waals surface area (Å²) in [5, 5.41) is 5.09. The van der Waals surface area contributed by atoms with E-state index in [0.717, 1.165) is 25.5 Å². The number of rotatable bonds is 4. The molecule has 3 rings (SSSR count). The number of nitrogens with one attached hydrogen (secondary N) is 1. The van der Waals surface area contributed by atoms with Crippen LogP contribution in [0.4, 0.5) is 0 Å². The Hall–Kier alpha value is -0.870. The zero-order valence-electron chi connectivity index (χ0n) is 9.78. The summed E-state index contributed by atoms with van der Waals surface area (Å²) in [7, 11) is 0. The third-order valence-corrected chi connectivity index (χ3v) is 4.47. The van der Waals surface area contributed by atoms with Crippen LogP contribution in [0.25, 0.3) is 0 Å². The van der Waals surface area contributed by atoms with Gasteiger partial charge >= 0.3 is 0 Å². The van der Waals surface area contributed by atoms with Gasteiger partial charge in [-0.3, -0.25) is 4.79 Å². The molecule has 1 fully saturated rings. The lowest BCUT2D eigenvalue weighted by molar-refractivity contribution is -0.124. The van der Waals surface area contributed by atoms with Crippen molar-refractivity contribution in [3.63, 3.8) is 0 Å². The van der Waals surface area contributed by atoms with Crippen LogP contribution in [0.5, 0.6) is 0 Å². The van der Waals surface area contributed by atoms with Crippen LogP contribution in [0.3, 0.4) is 0 Å². The molecule has 0 unspecified atom stereocenters. The highest BCUT2D eigenvalue weighted by Gasteiger charge is 2.26. The van der Waals surface area contributed by atoms with Gasteiger partial charge in [0, 0.05) is 11.4 Å². The van der Waals surface area contributed by atoms with E-state index < -0.39 is 0 Å². The Morgan fingerprint density at radius 3 is 3.24 bits per heavy atom. The van der Waals surface area contributed by atoms with Crippen molar-refractivity contribution in [2.45, 2.75) is 31.8 Å². The minimum atomic E-state index is -0.0158. The van der Waals surface area contributed by atoms with Crippen LogP contribution in [-0.4, -0.2) is 19.1 Å². The Labute approximate surface area is 105 Å². The fourth-order valence-corrected chi connectivity index (χ4v) is 3.20. The molecule has 2 aliphatic rings. The number of amides is 1. The minimum Gasteiger partial charge on any atom is -0.372 e. The number of hydrogen-bond acceptors (Lipinski definition) is 3. The SMILES string of the molecule is O=C(C[C@@H]1OCCc2ccsc21)NCC1CC1. The summed E-state index contributed by atoms with van der Waals surface area (Å²) in [5.74, 6) is 0.867. The van der Waals surface area contributed by atoms with E-state index in [1.54, 1.807) is 11.3 Å². The van der Waals surface area contributed by atoms with Crippen molar-refractivity contribution in [3.05, 3.63) is 21.9 Å². The highest BCUT2D eigenvalue weighted by Crippen LogP contribution is 2.34. The lowest BCUT2D eigenvalue weighted by Crippen LogP contribution is -2.28. The average molecular weight is 251 g/mol. The predicted octanol–water partition coefficient (Wildman–Crippen LogP) is 2.28. The van der Waals surface area contributed by atoms with Crippen LogP contribution in [0.2, 0.25) is 0 Å². The monoisotopic (exact) mass is 251 g/mol. The van der Waals surface area contributed by atoms with Gasteiger partial charge in [0.1, 0.15) is 6.10 Å². The molecule has 17 heavy (non-hydrogen) atoms. The molecule has 4 heteroatoms. The van der Waals surface area contributed by atoms with Crippen molar-refractivity contribution in [1.29, 1.82) is 0 Å². The van der Waals surface area contributed by atoms with Crippen molar-refractivity contribution < 1.29 is 9.53 Å². The zero-order chi connectivity index (χ0) is 11.7. The fraction of sp³-hybridized carbons (Fsp3) is 0.615. The highest BCUT2D eigenvalue weighted by molar-refractivity contribution is 7.10. The molecular weight excluding hydrogens is 234 g/mol. The van der Waals surface area contributed by atoms with E-state index in [1.807, 2.05) is 0 Å². The van der Waals surface area contributed by atoms with Gasteiger partial charge in [-0.1, -0.05) is 0 Å². The van der Waals surface area contributed by atoms with E-state index in [9.17, 15) is 4.79 Å². The van der Waals surface area contributed by atoms with Crippen LogP contribution in [0.15, 0.2) is 11.4 Å². The molecule has 2 heterocycles. The van der Waals surface area contributed by atoms with Crippen LogP contribution >= 0.6 is 11.3 Å². The molecule has 1 aromatic rings. The van der Waals surface area contributed by atoms with Crippen LogP contribution < -0.4 is 5.32 Å². The summed E-state index contributed by atoms with van der Waals surface area (Å²) in [6.45, 7) is 1.59. The average Bonchev–Trinajstić information content (AvgIpc) is 3.03. The fourth-order valence-electron chi connectivity index (χ4n) is 2.20. The second kappa shape index (κ2) is 4.78. The summed E-state index contributed by atoms with van der Waals surface area (Å²) < 4.78 is 5.71. The lowest BCUT2D eigenvalue weighted by Gasteiger charge is -2.22. The van der Waals surface area contributed by atoms with Gasteiger partial charge in [0.25, 0.3) is 0 Å².